The Labute approximate surface area is 92.4 Å². The Balaban J connectivity index is 3.60. The molecule has 4 nitrogen and oxygen atoms in total. The van der Waals surface area contributed by atoms with E-state index in [4.69, 9.17) is 10.8 Å². The van der Waals surface area contributed by atoms with Crippen LogP contribution >= 0.6 is 0 Å². The highest BCUT2D eigenvalue weighted by Gasteiger charge is 2.11. The van der Waals surface area contributed by atoms with E-state index in [1.807, 2.05) is 14.0 Å². The molecule has 0 aromatic carbocycles. The number of nitrogens with zero attached hydrogens (tertiary/aromatic N) is 1. The molecule has 0 radical (unpaired) electrons. The van der Waals surface area contributed by atoms with Crippen molar-refractivity contribution in [1.29, 1.82) is 0 Å². The second-order valence-corrected chi connectivity index (χ2v) is 3.97. The predicted molar refractivity (Wildman–Crippen MR) is 61.5 cm³/mol. The van der Waals surface area contributed by atoms with Gasteiger partial charge in [0.15, 0.2) is 0 Å². The summed E-state index contributed by atoms with van der Waals surface area (Å²) in [7, 11) is 1.81. The number of aliphatic hydroxyl groups excluding tert-OH is 1. The van der Waals surface area contributed by atoms with Crippen LogP contribution in [0.2, 0.25) is 0 Å². The number of unbranched alkanes of at least 4 members (excludes halogenated alkanes) is 2. The van der Waals surface area contributed by atoms with Gasteiger partial charge < -0.3 is 15.7 Å². The van der Waals surface area contributed by atoms with Crippen LogP contribution in [0.1, 0.15) is 39.0 Å². The van der Waals surface area contributed by atoms with Crippen LogP contribution in [-0.4, -0.2) is 42.2 Å². The summed E-state index contributed by atoms with van der Waals surface area (Å²) in [4.78, 5) is 13.3. The first kappa shape index (κ1) is 14.4. The highest BCUT2D eigenvalue weighted by molar-refractivity contribution is 5.76. The first-order valence-corrected chi connectivity index (χ1v) is 5.72. The lowest BCUT2D eigenvalue weighted by Gasteiger charge is -2.18. The number of carbonyl (C=O) groups is 1. The predicted octanol–water partition coefficient (Wildman–Crippen LogP) is 0.735. The molecule has 0 aliphatic heterocycles. The first-order valence-electron chi connectivity index (χ1n) is 5.72. The van der Waals surface area contributed by atoms with Gasteiger partial charge in [-0.25, -0.2) is 0 Å². The van der Waals surface area contributed by atoms with E-state index in [0.29, 0.717) is 6.42 Å². The van der Waals surface area contributed by atoms with Gasteiger partial charge in [0.2, 0.25) is 5.91 Å². The molecule has 0 rings (SSSR count). The molecule has 0 aromatic heterocycles. The fourth-order valence-electron chi connectivity index (χ4n) is 1.29. The fourth-order valence-corrected chi connectivity index (χ4v) is 1.29. The third-order valence-corrected chi connectivity index (χ3v) is 2.54. The Morgan fingerprint density at radius 1 is 1.40 bits per heavy atom. The number of rotatable bonds is 8. The Morgan fingerprint density at radius 2 is 2.07 bits per heavy atom. The summed E-state index contributed by atoms with van der Waals surface area (Å²) in [5.41, 5.74) is 5.71. The van der Waals surface area contributed by atoms with Crippen LogP contribution in [0.5, 0.6) is 0 Å². The van der Waals surface area contributed by atoms with E-state index in [0.717, 1.165) is 32.2 Å². The van der Waals surface area contributed by atoms with E-state index in [1.54, 1.807) is 4.90 Å². The average Bonchev–Trinajstić information content (AvgIpc) is 2.23. The SMILES string of the molecule is CCC(N)CC(=O)N(C)CCCCCO. The zero-order valence-corrected chi connectivity index (χ0v) is 9.91. The molecule has 0 spiro atoms. The standard InChI is InChI=1S/C11H24N2O2/c1-3-10(12)9-11(15)13(2)7-5-4-6-8-14/h10,14H,3-9,12H2,1-2H3. The van der Waals surface area contributed by atoms with E-state index in [-0.39, 0.29) is 18.6 Å². The Bertz CT molecular complexity index is 174. The molecule has 0 aromatic rings. The number of hydrogen-bond donors (Lipinski definition) is 2. The summed E-state index contributed by atoms with van der Waals surface area (Å²) in [6, 6.07) is -0.0163. The summed E-state index contributed by atoms with van der Waals surface area (Å²) < 4.78 is 0. The van der Waals surface area contributed by atoms with E-state index in [2.05, 4.69) is 0 Å². The number of aliphatic hydroxyl groups is 1. The Hall–Kier alpha value is -0.610. The van der Waals surface area contributed by atoms with Crippen molar-refractivity contribution in [3.63, 3.8) is 0 Å². The second-order valence-electron chi connectivity index (χ2n) is 3.97. The third kappa shape index (κ3) is 7.33. The molecule has 0 fully saturated rings. The van der Waals surface area contributed by atoms with Gasteiger partial charge in [-0.05, 0) is 25.7 Å². The highest BCUT2D eigenvalue weighted by atomic mass is 16.2. The molecule has 1 unspecified atom stereocenters. The number of carbonyl (C=O) groups excluding carboxylic acids is 1. The Kier molecular flexibility index (Phi) is 8.33. The van der Waals surface area contributed by atoms with Crippen molar-refractivity contribution >= 4 is 5.91 Å². The molecule has 90 valence electrons. The summed E-state index contributed by atoms with van der Waals surface area (Å²) in [6.45, 7) is 2.98. The van der Waals surface area contributed by atoms with Gasteiger partial charge in [-0.1, -0.05) is 6.92 Å². The van der Waals surface area contributed by atoms with Gasteiger partial charge in [-0.2, -0.15) is 0 Å². The van der Waals surface area contributed by atoms with Crippen molar-refractivity contribution in [2.45, 2.75) is 45.1 Å². The van der Waals surface area contributed by atoms with E-state index < -0.39 is 0 Å². The molecule has 15 heavy (non-hydrogen) atoms. The van der Waals surface area contributed by atoms with Crippen LogP contribution in [0, 0.1) is 0 Å². The van der Waals surface area contributed by atoms with E-state index in [1.165, 1.54) is 0 Å². The summed E-state index contributed by atoms with van der Waals surface area (Å²) in [6.07, 6.45) is 4.01. The lowest BCUT2D eigenvalue weighted by Crippen LogP contribution is -2.33. The van der Waals surface area contributed by atoms with Gasteiger partial charge in [0.1, 0.15) is 0 Å². The van der Waals surface area contributed by atoms with Crippen LogP contribution < -0.4 is 5.73 Å². The fraction of sp³-hybridized carbons (Fsp3) is 0.909. The molecule has 4 heteroatoms. The average molecular weight is 216 g/mol. The van der Waals surface area contributed by atoms with Crippen LogP contribution in [0.3, 0.4) is 0 Å². The van der Waals surface area contributed by atoms with Crippen molar-refractivity contribution in [1.82, 2.24) is 4.90 Å². The topological polar surface area (TPSA) is 66.6 Å². The van der Waals surface area contributed by atoms with Crippen molar-refractivity contribution in [3.05, 3.63) is 0 Å². The van der Waals surface area contributed by atoms with Gasteiger partial charge in [-0.15, -0.1) is 0 Å². The number of hydrogen-bond acceptors (Lipinski definition) is 3. The van der Waals surface area contributed by atoms with Crippen LogP contribution in [0.15, 0.2) is 0 Å². The van der Waals surface area contributed by atoms with Gasteiger partial charge in [0.25, 0.3) is 0 Å². The minimum atomic E-state index is -0.0163. The summed E-state index contributed by atoms with van der Waals surface area (Å²) in [5.74, 6) is 0.119. The van der Waals surface area contributed by atoms with Gasteiger partial charge >= 0.3 is 0 Å². The van der Waals surface area contributed by atoms with Gasteiger partial charge in [-0.3, -0.25) is 4.79 Å². The van der Waals surface area contributed by atoms with Crippen molar-refractivity contribution < 1.29 is 9.90 Å². The van der Waals surface area contributed by atoms with Gasteiger partial charge in [0, 0.05) is 32.7 Å². The maximum atomic E-state index is 11.6. The van der Waals surface area contributed by atoms with E-state index in [9.17, 15) is 4.79 Å². The molecular weight excluding hydrogens is 192 g/mol. The maximum absolute atomic E-state index is 11.6. The van der Waals surface area contributed by atoms with Crippen LogP contribution in [0.4, 0.5) is 0 Å². The van der Waals surface area contributed by atoms with Crippen molar-refractivity contribution in [2.75, 3.05) is 20.2 Å². The molecule has 0 aliphatic carbocycles. The smallest absolute Gasteiger partial charge is 0.223 e. The monoisotopic (exact) mass is 216 g/mol. The molecule has 0 saturated heterocycles. The Morgan fingerprint density at radius 3 is 2.60 bits per heavy atom. The minimum absolute atomic E-state index is 0.0163. The molecule has 0 saturated carbocycles. The molecule has 0 bridgehead atoms. The normalized spacial score (nSPS) is 12.5. The van der Waals surface area contributed by atoms with Gasteiger partial charge in [0.05, 0.1) is 0 Å². The maximum Gasteiger partial charge on any atom is 0.223 e. The van der Waals surface area contributed by atoms with Crippen molar-refractivity contribution in [3.8, 4) is 0 Å². The minimum Gasteiger partial charge on any atom is -0.396 e. The lowest BCUT2D eigenvalue weighted by molar-refractivity contribution is -0.130. The first-order chi connectivity index (χ1) is 7.11. The quantitative estimate of drug-likeness (QED) is 0.588. The molecule has 0 aliphatic rings. The number of nitrogens with two attached hydrogens (primary N) is 1. The summed E-state index contributed by atoms with van der Waals surface area (Å²) in [5, 5.41) is 8.59. The molecule has 1 amide bonds. The van der Waals surface area contributed by atoms with Crippen molar-refractivity contribution in [2.24, 2.45) is 5.73 Å². The van der Waals surface area contributed by atoms with Crippen LogP contribution in [0.25, 0.3) is 0 Å². The molecule has 1 atom stereocenters. The molecular formula is C11H24N2O2. The highest BCUT2D eigenvalue weighted by Crippen LogP contribution is 2.01. The zero-order chi connectivity index (χ0) is 11.7. The van der Waals surface area contributed by atoms with E-state index >= 15 is 0 Å². The largest absolute Gasteiger partial charge is 0.396 e. The molecule has 3 N–H and O–H groups in total. The van der Waals surface area contributed by atoms with Crippen LogP contribution in [-0.2, 0) is 4.79 Å². The second kappa shape index (κ2) is 8.68. The number of amides is 1. The zero-order valence-electron chi connectivity index (χ0n) is 9.91. The summed E-state index contributed by atoms with van der Waals surface area (Å²) >= 11 is 0. The lowest BCUT2D eigenvalue weighted by atomic mass is 10.1. The molecule has 0 heterocycles. The third-order valence-electron chi connectivity index (χ3n) is 2.54.